The van der Waals surface area contributed by atoms with Crippen molar-refractivity contribution in [3.63, 3.8) is 0 Å². The Balaban J connectivity index is 1.48. The van der Waals surface area contributed by atoms with Gasteiger partial charge in [-0.3, -0.25) is 4.79 Å². The molecule has 0 saturated carbocycles. The van der Waals surface area contributed by atoms with E-state index in [-0.39, 0.29) is 18.3 Å². The van der Waals surface area contributed by atoms with Gasteiger partial charge in [0, 0.05) is 31.6 Å². The standard InChI is InChI=1S/C15H19FN2O3/c16-12-2-1-3-13(10-12)17-11-14(19)18-6-4-15(5-7-18)20-8-9-21-15/h1-3,10,17H,4-9,11H2. The van der Waals surface area contributed by atoms with Crippen molar-refractivity contribution < 1.29 is 18.7 Å². The average molecular weight is 294 g/mol. The van der Waals surface area contributed by atoms with Gasteiger partial charge in [0.15, 0.2) is 5.79 Å². The van der Waals surface area contributed by atoms with Crippen LogP contribution in [0.25, 0.3) is 0 Å². The van der Waals surface area contributed by atoms with Crippen LogP contribution in [0.5, 0.6) is 0 Å². The third kappa shape index (κ3) is 3.33. The lowest BCUT2D eigenvalue weighted by molar-refractivity contribution is -0.187. The maximum absolute atomic E-state index is 13.1. The first-order valence-corrected chi connectivity index (χ1v) is 7.22. The minimum atomic E-state index is -0.466. The van der Waals surface area contributed by atoms with E-state index in [9.17, 15) is 9.18 Å². The number of nitrogens with zero attached hydrogens (tertiary/aromatic N) is 1. The van der Waals surface area contributed by atoms with Crippen molar-refractivity contribution >= 4 is 11.6 Å². The van der Waals surface area contributed by atoms with Crippen LogP contribution < -0.4 is 5.32 Å². The van der Waals surface area contributed by atoms with Crippen molar-refractivity contribution in [1.29, 1.82) is 0 Å². The lowest BCUT2D eigenvalue weighted by Gasteiger charge is -2.37. The summed E-state index contributed by atoms with van der Waals surface area (Å²) in [5.41, 5.74) is 0.610. The second-order valence-electron chi connectivity index (χ2n) is 5.35. The summed E-state index contributed by atoms with van der Waals surface area (Å²) < 4.78 is 24.3. The summed E-state index contributed by atoms with van der Waals surface area (Å²) in [6, 6.07) is 6.10. The first-order chi connectivity index (χ1) is 10.2. The highest BCUT2D eigenvalue weighted by molar-refractivity contribution is 5.81. The van der Waals surface area contributed by atoms with Gasteiger partial charge in [0.1, 0.15) is 5.82 Å². The Morgan fingerprint density at radius 2 is 2.00 bits per heavy atom. The summed E-state index contributed by atoms with van der Waals surface area (Å²) in [6.45, 7) is 2.69. The van der Waals surface area contributed by atoms with Crippen LogP contribution in [0, 0.1) is 5.82 Å². The molecule has 2 heterocycles. The fraction of sp³-hybridized carbons (Fsp3) is 0.533. The zero-order valence-electron chi connectivity index (χ0n) is 11.8. The first-order valence-electron chi connectivity index (χ1n) is 7.22. The molecule has 1 amide bonds. The highest BCUT2D eigenvalue weighted by atomic mass is 19.1. The van der Waals surface area contributed by atoms with Gasteiger partial charge in [0.2, 0.25) is 5.91 Å². The molecule has 0 aliphatic carbocycles. The first kappa shape index (κ1) is 14.3. The summed E-state index contributed by atoms with van der Waals surface area (Å²) >= 11 is 0. The van der Waals surface area contributed by atoms with Gasteiger partial charge < -0.3 is 19.7 Å². The van der Waals surface area contributed by atoms with Gasteiger partial charge in [-0.1, -0.05) is 6.07 Å². The summed E-state index contributed by atoms with van der Waals surface area (Å²) in [6.07, 6.45) is 1.41. The minimum absolute atomic E-state index is 0.00658. The Morgan fingerprint density at radius 1 is 1.29 bits per heavy atom. The predicted octanol–water partition coefficient (Wildman–Crippen LogP) is 1.60. The number of carbonyl (C=O) groups is 1. The van der Waals surface area contributed by atoms with Gasteiger partial charge in [-0.25, -0.2) is 4.39 Å². The third-order valence-corrected chi connectivity index (χ3v) is 3.96. The second kappa shape index (κ2) is 5.99. The van der Waals surface area contributed by atoms with E-state index in [4.69, 9.17) is 9.47 Å². The molecular weight excluding hydrogens is 275 g/mol. The van der Waals surface area contributed by atoms with Crippen molar-refractivity contribution in [2.75, 3.05) is 38.2 Å². The molecule has 2 fully saturated rings. The minimum Gasteiger partial charge on any atom is -0.376 e. The number of hydrogen-bond acceptors (Lipinski definition) is 4. The van der Waals surface area contributed by atoms with Crippen LogP contribution in [0.4, 0.5) is 10.1 Å². The number of anilines is 1. The molecule has 0 radical (unpaired) electrons. The largest absolute Gasteiger partial charge is 0.376 e. The molecule has 0 aromatic heterocycles. The SMILES string of the molecule is O=C(CNc1cccc(F)c1)N1CCC2(CC1)OCCO2. The highest BCUT2D eigenvalue weighted by Gasteiger charge is 2.40. The number of halogens is 1. The van der Waals surface area contributed by atoms with E-state index in [1.165, 1.54) is 12.1 Å². The van der Waals surface area contributed by atoms with Crippen LogP contribution in [0.3, 0.4) is 0 Å². The Hall–Kier alpha value is -1.66. The van der Waals surface area contributed by atoms with Crippen molar-refractivity contribution in [1.82, 2.24) is 4.90 Å². The Morgan fingerprint density at radius 3 is 2.67 bits per heavy atom. The lowest BCUT2D eigenvalue weighted by atomic mass is 10.0. The number of rotatable bonds is 3. The number of ether oxygens (including phenoxy) is 2. The number of benzene rings is 1. The van der Waals surface area contributed by atoms with Crippen LogP contribution in [0.1, 0.15) is 12.8 Å². The molecule has 1 N–H and O–H groups in total. The van der Waals surface area contributed by atoms with Crippen molar-refractivity contribution in [2.24, 2.45) is 0 Å². The van der Waals surface area contributed by atoms with Crippen LogP contribution in [-0.2, 0) is 14.3 Å². The van der Waals surface area contributed by atoms with E-state index < -0.39 is 5.79 Å². The molecule has 5 nitrogen and oxygen atoms in total. The highest BCUT2D eigenvalue weighted by Crippen LogP contribution is 2.31. The maximum atomic E-state index is 13.1. The zero-order chi connectivity index (χ0) is 14.7. The molecule has 2 aliphatic rings. The Labute approximate surface area is 123 Å². The smallest absolute Gasteiger partial charge is 0.241 e. The van der Waals surface area contributed by atoms with Gasteiger partial charge in [-0.15, -0.1) is 0 Å². The van der Waals surface area contributed by atoms with Crippen molar-refractivity contribution in [3.8, 4) is 0 Å². The molecule has 2 aliphatic heterocycles. The van der Waals surface area contributed by atoms with Crippen LogP contribution in [-0.4, -0.2) is 49.4 Å². The number of carbonyl (C=O) groups excluding carboxylic acids is 1. The monoisotopic (exact) mass is 294 g/mol. The van der Waals surface area contributed by atoms with Crippen LogP contribution >= 0.6 is 0 Å². The van der Waals surface area contributed by atoms with Gasteiger partial charge in [0.25, 0.3) is 0 Å². The molecule has 0 atom stereocenters. The zero-order valence-corrected chi connectivity index (χ0v) is 11.8. The van der Waals surface area contributed by atoms with Gasteiger partial charge >= 0.3 is 0 Å². The summed E-state index contributed by atoms with van der Waals surface area (Å²) in [5, 5.41) is 2.95. The lowest BCUT2D eigenvalue weighted by Crippen LogP contribution is -2.48. The Bertz CT molecular complexity index is 507. The molecular formula is C15H19FN2O3. The van der Waals surface area contributed by atoms with E-state index in [2.05, 4.69) is 5.32 Å². The average Bonchev–Trinajstić information content (AvgIpc) is 2.94. The molecule has 1 spiro atoms. The molecule has 21 heavy (non-hydrogen) atoms. The maximum Gasteiger partial charge on any atom is 0.241 e. The molecule has 114 valence electrons. The summed E-state index contributed by atoms with van der Waals surface area (Å²) in [7, 11) is 0. The fourth-order valence-corrected chi connectivity index (χ4v) is 2.77. The van der Waals surface area contributed by atoms with Crippen molar-refractivity contribution in [3.05, 3.63) is 30.1 Å². The van der Waals surface area contributed by atoms with Gasteiger partial charge in [-0.2, -0.15) is 0 Å². The molecule has 2 saturated heterocycles. The molecule has 3 rings (SSSR count). The van der Waals surface area contributed by atoms with E-state index in [0.717, 1.165) is 0 Å². The van der Waals surface area contributed by atoms with E-state index in [1.807, 2.05) is 0 Å². The number of piperidine rings is 1. The fourth-order valence-electron chi connectivity index (χ4n) is 2.77. The quantitative estimate of drug-likeness (QED) is 0.920. The van der Waals surface area contributed by atoms with Gasteiger partial charge in [-0.05, 0) is 18.2 Å². The van der Waals surface area contributed by atoms with Crippen LogP contribution in [0.2, 0.25) is 0 Å². The van der Waals surface area contributed by atoms with Crippen molar-refractivity contribution in [2.45, 2.75) is 18.6 Å². The van der Waals surface area contributed by atoms with Gasteiger partial charge in [0.05, 0.1) is 19.8 Å². The number of hydrogen-bond donors (Lipinski definition) is 1. The van der Waals surface area contributed by atoms with Crippen LogP contribution in [0.15, 0.2) is 24.3 Å². The summed E-state index contributed by atoms with van der Waals surface area (Å²) in [4.78, 5) is 13.9. The molecule has 0 bridgehead atoms. The second-order valence-corrected chi connectivity index (χ2v) is 5.35. The van der Waals surface area contributed by atoms with E-state index >= 15 is 0 Å². The molecule has 0 unspecified atom stereocenters. The predicted molar refractivity (Wildman–Crippen MR) is 75.3 cm³/mol. The third-order valence-electron chi connectivity index (χ3n) is 3.96. The Kier molecular flexibility index (Phi) is 4.07. The summed E-state index contributed by atoms with van der Waals surface area (Å²) in [5.74, 6) is -0.776. The van der Waals surface area contributed by atoms with E-state index in [1.54, 1.807) is 17.0 Å². The topological polar surface area (TPSA) is 50.8 Å². The number of nitrogens with one attached hydrogen (secondary N) is 1. The molecule has 1 aromatic carbocycles. The molecule has 6 heteroatoms. The normalized spacial score (nSPS) is 20.7. The number of likely N-dealkylation sites (tertiary alicyclic amines) is 1. The number of amides is 1. The molecule has 1 aromatic rings. The van der Waals surface area contributed by atoms with E-state index in [0.29, 0.717) is 44.8 Å².